The SMILES string of the molecule is Cc1ccccc1[IH+].Cc1ccccc1[IH+].Fc1c(F)c(F)c([B-](c2c(F)c(F)c(F)c(F)c2F)(c2c(F)c(F)c(F)c(F)c2F)c2c(F)c(F)c(F)c(F)c2F)c(F)c1F.Fc1c(F)c(F)c([B-](c2c(F)c(F)c(F)c(F)c2F)(c2c(F)c(F)c(F)c(F)c2F)c2c(F)c(F)c(F)c(F)c2F)c(F)c1F. The molecule has 0 saturated carbocycles. The van der Waals surface area contributed by atoms with Crippen molar-refractivity contribution in [1.82, 2.24) is 0 Å². The molecule has 0 aliphatic heterocycles. The molecule has 0 radical (unpaired) electrons. The third kappa shape index (κ3) is 13.1. The molecule has 0 aliphatic rings. The Morgan fingerprint density at radius 3 is 0.311 bits per heavy atom. The number of benzene rings is 10. The highest BCUT2D eigenvalue weighted by Gasteiger charge is 2.55. The van der Waals surface area contributed by atoms with Crippen LogP contribution in [0.25, 0.3) is 0 Å². The number of hydrogen-bond donors (Lipinski definition) is 0. The summed E-state index contributed by atoms with van der Waals surface area (Å²) in [7, 11) is 0. The van der Waals surface area contributed by atoms with Crippen LogP contribution in [0, 0.1) is 254 Å². The second-order valence-electron chi connectivity index (χ2n) is 21.1. The van der Waals surface area contributed by atoms with Crippen molar-refractivity contribution in [2.45, 2.75) is 13.8 Å². The van der Waals surface area contributed by atoms with Gasteiger partial charge in [0.2, 0.25) is 0 Å². The predicted molar refractivity (Wildman–Crippen MR) is 281 cm³/mol. The highest BCUT2D eigenvalue weighted by atomic mass is 127. The molecule has 10 rings (SSSR count). The van der Waals surface area contributed by atoms with E-state index < -0.39 is 289 Å². The number of rotatable bonds is 8. The van der Waals surface area contributed by atoms with Gasteiger partial charge in [0, 0.05) is 11.1 Å². The summed E-state index contributed by atoms with van der Waals surface area (Å²) in [4.78, 5) is 0. The molecular formula is C62H16B2F40I2. The summed E-state index contributed by atoms with van der Waals surface area (Å²) in [6.45, 7) is 4.25. The van der Waals surface area contributed by atoms with Gasteiger partial charge in [-0.3, -0.25) is 0 Å². The second kappa shape index (κ2) is 31.1. The van der Waals surface area contributed by atoms with Gasteiger partial charge in [-0.1, -0.05) is 36.4 Å². The molecule has 0 aromatic heterocycles. The zero-order chi connectivity index (χ0) is 80.7. The normalized spacial score (nSPS) is 11.6. The highest BCUT2D eigenvalue weighted by molar-refractivity contribution is 7.21. The van der Waals surface area contributed by atoms with E-state index in [-0.39, 0.29) is 0 Å². The lowest BCUT2D eigenvalue weighted by molar-refractivity contribution is -0.329. The van der Waals surface area contributed by atoms with Crippen LogP contribution in [0.1, 0.15) is 11.1 Å². The molecule has 564 valence electrons. The van der Waals surface area contributed by atoms with Gasteiger partial charge in [0.05, 0.1) is 0 Å². The van der Waals surface area contributed by atoms with Crippen LogP contribution < -0.4 is 88.9 Å². The summed E-state index contributed by atoms with van der Waals surface area (Å²) < 4.78 is 591. The summed E-state index contributed by atoms with van der Waals surface area (Å²) in [5, 5.41) is 0. The summed E-state index contributed by atoms with van der Waals surface area (Å²) in [6.07, 6.45) is -14.4. The molecule has 10 aromatic carbocycles. The van der Waals surface area contributed by atoms with Crippen molar-refractivity contribution in [3.8, 4) is 0 Å². The molecule has 0 atom stereocenters. The van der Waals surface area contributed by atoms with Crippen LogP contribution in [0.3, 0.4) is 0 Å². The van der Waals surface area contributed by atoms with Gasteiger partial charge in [0.15, 0.2) is 147 Å². The molecule has 0 amide bonds. The molecule has 0 bridgehead atoms. The van der Waals surface area contributed by atoms with E-state index in [0.29, 0.717) is 0 Å². The van der Waals surface area contributed by atoms with Gasteiger partial charge < -0.3 is 0 Å². The summed E-state index contributed by atoms with van der Waals surface area (Å²) in [5.41, 5.74) is -25.9. The summed E-state index contributed by atoms with van der Waals surface area (Å²) in [6, 6.07) is 16.7. The zero-order valence-corrected chi connectivity index (χ0v) is 54.4. The van der Waals surface area contributed by atoms with Gasteiger partial charge in [-0.15, -0.1) is 43.7 Å². The van der Waals surface area contributed by atoms with E-state index in [2.05, 4.69) is 108 Å². The quantitative estimate of drug-likeness (QED) is 0.0471. The minimum atomic E-state index is -7.22. The Hall–Kier alpha value is -9.01. The summed E-state index contributed by atoms with van der Waals surface area (Å²) in [5.74, 6) is -143. The molecule has 44 heteroatoms. The van der Waals surface area contributed by atoms with Gasteiger partial charge in [-0.2, -0.15) is 0 Å². The maximum Gasteiger partial charge on any atom is 0.296 e. The van der Waals surface area contributed by atoms with Crippen LogP contribution in [-0.4, -0.2) is 12.3 Å². The van der Waals surface area contributed by atoms with Gasteiger partial charge in [-0.05, 0) is 26.0 Å². The molecule has 0 fully saturated rings. The van der Waals surface area contributed by atoms with Crippen molar-refractivity contribution in [1.29, 1.82) is 0 Å². The molecular weight excluding hydrogens is 1780 g/mol. The van der Waals surface area contributed by atoms with E-state index in [4.69, 9.17) is 0 Å². The van der Waals surface area contributed by atoms with E-state index in [9.17, 15) is 105 Å². The Morgan fingerprint density at radius 1 is 0.151 bits per heavy atom. The predicted octanol–water partition coefficient (Wildman–Crippen LogP) is 8.59. The molecule has 0 heterocycles. The monoisotopic (exact) mass is 1800 g/mol. The smallest absolute Gasteiger partial charge is 0.207 e. The van der Waals surface area contributed by atoms with Gasteiger partial charge in [0.25, 0.3) is 45.2 Å². The van der Waals surface area contributed by atoms with E-state index in [1.54, 1.807) is 0 Å². The minimum Gasteiger partial charge on any atom is -0.207 e. The molecule has 106 heavy (non-hydrogen) atoms. The van der Waals surface area contributed by atoms with Crippen LogP contribution in [0.5, 0.6) is 0 Å². The van der Waals surface area contributed by atoms with E-state index in [1.165, 1.54) is 18.3 Å². The first-order valence-corrected chi connectivity index (χ1v) is 29.3. The Labute approximate surface area is 587 Å². The standard InChI is InChI=1S/2C24BF20.2C7H8I/c2*26-5-1(6(27)14(35)21(42)13(5)34)25(2-7(28)15(36)22(43)16(37)8(2)29,3-9(30)17(38)23(44)18(39)10(3)31)4-11(32)19(40)24(45)20(41)12(4)33;2*1-6-4-2-3-5-7(6)8/h;;2*2-5,8H,1H3/q2*-1;2*+1. The molecule has 0 N–H and O–H groups in total. The van der Waals surface area contributed by atoms with Crippen LogP contribution in [0.4, 0.5) is 176 Å². The Kier molecular flexibility index (Phi) is 24.7. The average Bonchev–Trinajstić information content (AvgIpc) is 0.687. The summed E-state index contributed by atoms with van der Waals surface area (Å²) >= 11 is 4.10. The fraction of sp³-hybridized carbons (Fsp3) is 0.0323. The van der Waals surface area contributed by atoms with Gasteiger partial charge >= 0.3 is 0 Å². The Morgan fingerprint density at radius 2 is 0.236 bits per heavy atom. The van der Waals surface area contributed by atoms with E-state index in [1.807, 2.05) is 0 Å². The van der Waals surface area contributed by atoms with Crippen LogP contribution in [0.15, 0.2) is 48.5 Å². The maximum atomic E-state index is 15.4. The van der Waals surface area contributed by atoms with Crippen molar-refractivity contribution < 1.29 is 221 Å². The van der Waals surface area contributed by atoms with E-state index in [0.717, 1.165) is 0 Å². The maximum absolute atomic E-state index is 15.4. The lowest BCUT2D eigenvalue weighted by atomic mass is 9.12. The minimum absolute atomic E-state index is 1.37. The lowest BCUT2D eigenvalue weighted by Crippen LogP contribution is -3.34. The Balaban J connectivity index is 0.000000243. The highest BCUT2D eigenvalue weighted by Crippen LogP contribution is 2.34. The first-order chi connectivity index (χ1) is 49.0. The number of aryl methyl sites for hydroxylation is 2. The van der Waals surface area contributed by atoms with Crippen molar-refractivity contribution >= 4 is 56.0 Å². The van der Waals surface area contributed by atoms with Crippen molar-refractivity contribution in [2.24, 2.45) is 0 Å². The molecule has 0 spiro atoms. The van der Waals surface area contributed by atoms with Crippen molar-refractivity contribution in [3.05, 3.63) is 299 Å². The fourth-order valence-electron chi connectivity index (χ4n) is 10.9. The van der Waals surface area contributed by atoms with Crippen LogP contribution in [0.2, 0.25) is 0 Å². The third-order valence-corrected chi connectivity index (χ3v) is 18.2. The largest absolute Gasteiger partial charge is 0.296 e. The second-order valence-corrected chi connectivity index (χ2v) is 23.6. The first kappa shape index (κ1) is 84.3. The fourth-order valence-corrected chi connectivity index (χ4v) is 11.7. The molecule has 10 aromatic rings. The van der Waals surface area contributed by atoms with Crippen molar-refractivity contribution in [2.75, 3.05) is 0 Å². The van der Waals surface area contributed by atoms with E-state index >= 15 is 70.2 Å². The van der Waals surface area contributed by atoms with Gasteiger partial charge in [-0.25, -0.2) is 176 Å². The molecule has 0 aliphatic carbocycles. The number of halogens is 42. The molecule has 0 nitrogen and oxygen atoms in total. The molecule has 0 unspecified atom stereocenters. The first-order valence-electron chi connectivity index (χ1n) is 26.9. The van der Waals surface area contributed by atoms with Crippen LogP contribution in [-0.2, 0) is 0 Å². The molecule has 0 saturated heterocycles. The third-order valence-electron chi connectivity index (χ3n) is 15.6. The van der Waals surface area contributed by atoms with Crippen molar-refractivity contribution in [3.63, 3.8) is 0 Å². The number of hydrogen-bond acceptors (Lipinski definition) is 0. The topological polar surface area (TPSA) is 0 Å². The van der Waals surface area contributed by atoms with Gasteiger partial charge in [0.1, 0.15) is 105 Å². The van der Waals surface area contributed by atoms with Crippen LogP contribution >= 0.6 is 0 Å². The average molecular weight is 1800 g/mol. The Bertz CT molecular complexity index is 4170. The lowest BCUT2D eigenvalue weighted by Gasteiger charge is -2.44. The zero-order valence-electron chi connectivity index (χ0n) is 49.7.